The number of carbonyl (C=O) groups is 5. The van der Waals surface area contributed by atoms with E-state index in [-0.39, 0.29) is 59.7 Å². The summed E-state index contributed by atoms with van der Waals surface area (Å²) < 4.78 is 10.7. The third-order valence-electron chi connectivity index (χ3n) is 10.2. The van der Waals surface area contributed by atoms with Crippen LogP contribution < -0.4 is 10.6 Å². The normalized spacial score (nSPS) is 20.2. The quantitative estimate of drug-likeness (QED) is 0.205. The second-order valence-corrected chi connectivity index (χ2v) is 15.4. The number of aromatic nitrogens is 1. The highest BCUT2D eigenvalue weighted by Gasteiger charge is 2.43. The van der Waals surface area contributed by atoms with Crippen molar-refractivity contribution in [2.24, 2.45) is 29.6 Å². The van der Waals surface area contributed by atoms with Crippen molar-refractivity contribution < 1.29 is 33.4 Å². The summed E-state index contributed by atoms with van der Waals surface area (Å²) in [5, 5.41) is 8.24. The molecule has 12 heteroatoms. The Morgan fingerprint density at radius 2 is 1.70 bits per heavy atom. The van der Waals surface area contributed by atoms with Gasteiger partial charge in [-0.25, -0.2) is 4.98 Å². The molecule has 274 valence electrons. The highest BCUT2D eigenvalue weighted by molar-refractivity contribution is 7.09. The monoisotopic (exact) mass is 710 g/mol. The molecule has 1 aromatic heterocycles. The topological polar surface area (TPSA) is 144 Å². The van der Waals surface area contributed by atoms with Crippen LogP contribution in [0.15, 0.2) is 35.7 Å². The molecule has 0 saturated heterocycles. The number of nitrogens with zero attached hydrogens (tertiary/aromatic N) is 2. The van der Waals surface area contributed by atoms with Gasteiger partial charge in [0, 0.05) is 43.8 Å². The maximum absolute atomic E-state index is 14.0. The molecule has 4 rings (SSSR count). The molecule has 0 spiro atoms. The van der Waals surface area contributed by atoms with Gasteiger partial charge >= 0.3 is 11.9 Å². The van der Waals surface area contributed by atoms with E-state index in [2.05, 4.69) is 22.5 Å². The fraction of sp³-hybridized carbons (Fsp3) is 0.632. The molecule has 2 N–H and O–H groups in total. The Morgan fingerprint density at radius 3 is 2.28 bits per heavy atom. The summed E-state index contributed by atoms with van der Waals surface area (Å²) in [7, 11) is 3.10. The molecule has 2 aromatic rings. The van der Waals surface area contributed by atoms with E-state index in [9.17, 15) is 24.0 Å². The first-order valence-electron chi connectivity index (χ1n) is 17.9. The number of amides is 3. The molecule has 11 nitrogen and oxygen atoms in total. The minimum Gasteiger partial charge on any atom is -0.469 e. The van der Waals surface area contributed by atoms with Crippen LogP contribution in [0.3, 0.4) is 0 Å². The van der Waals surface area contributed by atoms with Gasteiger partial charge in [-0.1, -0.05) is 64.4 Å². The molecule has 0 radical (unpaired) electrons. The van der Waals surface area contributed by atoms with Crippen molar-refractivity contribution in [2.45, 2.75) is 110 Å². The Kier molecular flexibility index (Phi) is 14.0. The number of ether oxygens (including phenoxy) is 2. The van der Waals surface area contributed by atoms with Crippen molar-refractivity contribution in [2.75, 3.05) is 14.2 Å². The molecule has 2 fully saturated rings. The molecule has 2 aliphatic rings. The van der Waals surface area contributed by atoms with E-state index >= 15 is 0 Å². The Bertz CT molecular complexity index is 1480. The van der Waals surface area contributed by atoms with E-state index in [0.717, 1.165) is 37.7 Å². The SMILES string of the molecule is COC(=O)[C@@H](C)C[C@H](Cc1ccccc1)NC(=O)c1csc([C@@H](C[C@H](C(C)C)N(C)C(=O)[C@@H](NC(=O)[C@H]2CCCC2C)C2CC2)OC(C)=O)n1. The number of carbonyl (C=O) groups excluding carboxylic acids is 5. The first kappa shape index (κ1) is 39.0. The van der Waals surface area contributed by atoms with Gasteiger partial charge in [-0.3, -0.25) is 24.0 Å². The zero-order chi connectivity index (χ0) is 36.5. The standard InChI is InChI=1S/C38H54N4O7S/c1-22(2)31(42(6)37(46)33(27-16-17-27)41-34(44)29-15-11-12-23(29)3)20-32(49-25(5)43)36-40-30(21-50-36)35(45)39-28(18-24(4)38(47)48-7)19-26-13-9-8-10-14-26/h8-10,13-14,21-24,27-29,31-33H,11-12,15-20H2,1-7H3,(H,39,45)(H,41,44)/t23?,24-,28+,29-,31+,32+,33-/m0/s1. The number of likely N-dealkylation sites (N-methyl/N-ethyl adjacent to an activating group) is 1. The molecule has 1 aromatic carbocycles. The van der Waals surface area contributed by atoms with Crippen LogP contribution in [0, 0.1) is 29.6 Å². The lowest BCUT2D eigenvalue weighted by atomic mass is 9.94. The highest BCUT2D eigenvalue weighted by Crippen LogP contribution is 2.37. The van der Waals surface area contributed by atoms with Gasteiger partial charge in [0.1, 0.15) is 16.7 Å². The maximum atomic E-state index is 14.0. The van der Waals surface area contributed by atoms with Crippen molar-refractivity contribution in [3.05, 3.63) is 52.0 Å². The van der Waals surface area contributed by atoms with Crippen molar-refractivity contribution in [1.29, 1.82) is 0 Å². The Labute approximate surface area is 300 Å². The van der Waals surface area contributed by atoms with Gasteiger partial charge in [0.2, 0.25) is 11.8 Å². The molecule has 1 unspecified atom stereocenters. The van der Waals surface area contributed by atoms with Crippen molar-refractivity contribution in [3.8, 4) is 0 Å². The fourth-order valence-corrected chi connectivity index (χ4v) is 7.94. The molecular weight excluding hydrogens is 657 g/mol. The van der Waals surface area contributed by atoms with Crippen LogP contribution >= 0.6 is 11.3 Å². The van der Waals surface area contributed by atoms with Crippen molar-refractivity contribution in [1.82, 2.24) is 20.5 Å². The van der Waals surface area contributed by atoms with Crippen LogP contribution in [0.2, 0.25) is 0 Å². The van der Waals surface area contributed by atoms with Crippen LogP contribution in [0.5, 0.6) is 0 Å². The molecule has 3 amide bonds. The van der Waals surface area contributed by atoms with Crippen LogP contribution in [0.4, 0.5) is 0 Å². The number of thiazole rings is 1. The zero-order valence-electron chi connectivity index (χ0n) is 30.5. The maximum Gasteiger partial charge on any atom is 0.308 e. The van der Waals surface area contributed by atoms with Gasteiger partial charge in [0.25, 0.3) is 5.91 Å². The molecule has 7 atom stereocenters. The Morgan fingerprint density at radius 1 is 1.00 bits per heavy atom. The molecular formula is C38H54N4O7S. The Hall–Kier alpha value is -3.80. The van der Waals surface area contributed by atoms with Crippen molar-refractivity contribution >= 4 is 41.0 Å². The first-order chi connectivity index (χ1) is 23.8. The highest BCUT2D eigenvalue weighted by atomic mass is 32.1. The lowest BCUT2D eigenvalue weighted by Gasteiger charge is -2.36. The number of rotatable bonds is 17. The van der Waals surface area contributed by atoms with Crippen LogP contribution in [0.25, 0.3) is 0 Å². The number of benzene rings is 1. The molecule has 2 saturated carbocycles. The zero-order valence-corrected chi connectivity index (χ0v) is 31.3. The lowest BCUT2D eigenvalue weighted by Crippen LogP contribution is -2.54. The second kappa shape index (κ2) is 17.9. The minimum atomic E-state index is -0.797. The minimum absolute atomic E-state index is 0.00862. The average Bonchev–Trinajstić information content (AvgIpc) is 3.62. The number of nitrogens with one attached hydrogen (secondary N) is 2. The van der Waals surface area contributed by atoms with Crippen molar-refractivity contribution in [3.63, 3.8) is 0 Å². The summed E-state index contributed by atoms with van der Waals surface area (Å²) in [6.45, 7) is 9.21. The smallest absolute Gasteiger partial charge is 0.308 e. The van der Waals surface area contributed by atoms with E-state index in [1.807, 2.05) is 44.2 Å². The summed E-state index contributed by atoms with van der Waals surface area (Å²) in [6, 6.07) is 8.41. The third-order valence-corrected chi connectivity index (χ3v) is 11.1. The van der Waals surface area contributed by atoms with E-state index in [1.54, 1.807) is 24.3 Å². The number of hydrogen-bond acceptors (Lipinski definition) is 9. The van der Waals surface area contributed by atoms with Crippen LogP contribution in [-0.2, 0) is 35.1 Å². The third kappa shape index (κ3) is 10.6. The average molecular weight is 711 g/mol. The van der Waals surface area contributed by atoms with Crippen LogP contribution in [-0.4, -0.2) is 71.8 Å². The van der Waals surface area contributed by atoms with E-state index in [0.29, 0.717) is 23.8 Å². The fourth-order valence-electron chi connectivity index (χ4n) is 7.10. The number of esters is 2. The number of methoxy groups -OCH3 is 1. The Balaban J connectivity index is 1.49. The van der Waals surface area contributed by atoms with E-state index < -0.39 is 29.9 Å². The largest absolute Gasteiger partial charge is 0.469 e. The van der Waals surface area contributed by atoms with Gasteiger partial charge in [0.15, 0.2) is 6.10 Å². The molecule has 0 bridgehead atoms. The predicted octanol–water partition coefficient (Wildman–Crippen LogP) is 5.49. The van der Waals surface area contributed by atoms with Crippen LogP contribution in [0.1, 0.15) is 107 Å². The van der Waals surface area contributed by atoms with Gasteiger partial charge in [-0.2, -0.15) is 0 Å². The summed E-state index contributed by atoms with van der Waals surface area (Å²) in [5.74, 6) is -1.52. The molecule has 1 heterocycles. The van der Waals surface area contributed by atoms with Gasteiger partial charge < -0.3 is 25.0 Å². The molecule has 50 heavy (non-hydrogen) atoms. The summed E-state index contributed by atoms with van der Waals surface area (Å²) >= 11 is 1.22. The molecule has 2 aliphatic carbocycles. The second-order valence-electron chi connectivity index (χ2n) is 14.5. The van der Waals surface area contributed by atoms with Gasteiger partial charge in [0.05, 0.1) is 13.0 Å². The predicted molar refractivity (Wildman–Crippen MR) is 191 cm³/mol. The van der Waals surface area contributed by atoms with Gasteiger partial charge in [-0.05, 0) is 61.8 Å². The van der Waals surface area contributed by atoms with Gasteiger partial charge in [-0.15, -0.1) is 11.3 Å². The molecule has 0 aliphatic heterocycles. The summed E-state index contributed by atoms with van der Waals surface area (Å²) in [4.78, 5) is 71.6. The number of hydrogen-bond donors (Lipinski definition) is 2. The van der Waals surface area contributed by atoms with E-state index in [4.69, 9.17) is 9.47 Å². The summed E-state index contributed by atoms with van der Waals surface area (Å²) in [6.07, 6.45) is 5.05. The lowest BCUT2D eigenvalue weighted by molar-refractivity contribution is -0.149. The summed E-state index contributed by atoms with van der Waals surface area (Å²) in [5.41, 5.74) is 1.19. The van der Waals surface area contributed by atoms with E-state index in [1.165, 1.54) is 25.4 Å². The first-order valence-corrected chi connectivity index (χ1v) is 18.8.